The van der Waals surface area contributed by atoms with E-state index in [4.69, 9.17) is 14.4 Å². The summed E-state index contributed by atoms with van der Waals surface area (Å²) in [6, 6.07) is 3.53. The van der Waals surface area contributed by atoms with E-state index in [0.717, 1.165) is 0 Å². The van der Waals surface area contributed by atoms with Crippen molar-refractivity contribution in [3.05, 3.63) is 11.8 Å². The topological polar surface area (TPSA) is 80.3 Å². The highest BCUT2D eigenvalue weighted by Crippen LogP contribution is 2.36. The van der Waals surface area contributed by atoms with Crippen molar-refractivity contribution in [2.24, 2.45) is 0 Å². The predicted molar refractivity (Wildman–Crippen MR) is 82.4 cm³/mol. The standard InChI is InChI=1S/C14H25N3O3Si/c1-14(2,3)21(4,5)20-9-7-17-12(11-18)10-13(16-17)19-8-6-15/h10,18H,7-9,11H2,1-5H3. The lowest BCUT2D eigenvalue weighted by atomic mass is 10.2. The van der Waals surface area contributed by atoms with Gasteiger partial charge in [0.05, 0.1) is 25.5 Å². The van der Waals surface area contributed by atoms with E-state index < -0.39 is 8.32 Å². The summed E-state index contributed by atoms with van der Waals surface area (Å²) in [5, 5.41) is 22.2. The van der Waals surface area contributed by atoms with Crippen LogP contribution < -0.4 is 4.74 Å². The normalized spacial score (nSPS) is 12.2. The molecule has 0 spiro atoms. The van der Waals surface area contributed by atoms with E-state index in [0.29, 0.717) is 24.7 Å². The molecule has 0 unspecified atom stereocenters. The van der Waals surface area contributed by atoms with Gasteiger partial charge in [-0.15, -0.1) is 5.10 Å². The number of rotatable bonds is 7. The molecule has 0 saturated heterocycles. The monoisotopic (exact) mass is 311 g/mol. The molecule has 118 valence electrons. The minimum Gasteiger partial charge on any atom is -0.461 e. The summed E-state index contributed by atoms with van der Waals surface area (Å²) in [5.74, 6) is 0.355. The summed E-state index contributed by atoms with van der Waals surface area (Å²) in [6.07, 6.45) is 0. The molecule has 21 heavy (non-hydrogen) atoms. The Morgan fingerprint density at radius 2 is 2.10 bits per heavy atom. The fourth-order valence-corrected chi connectivity index (χ4v) is 2.57. The third-order valence-corrected chi connectivity index (χ3v) is 8.40. The predicted octanol–water partition coefficient (Wildman–Crippen LogP) is 2.30. The van der Waals surface area contributed by atoms with Gasteiger partial charge in [-0.3, -0.25) is 4.68 Å². The van der Waals surface area contributed by atoms with Crippen LogP contribution in [0.2, 0.25) is 18.1 Å². The van der Waals surface area contributed by atoms with E-state index in [1.807, 2.05) is 6.07 Å². The molecule has 1 heterocycles. The van der Waals surface area contributed by atoms with Crippen LogP contribution in [0.4, 0.5) is 0 Å². The average Bonchev–Trinajstić information content (AvgIpc) is 2.77. The summed E-state index contributed by atoms with van der Waals surface area (Å²) in [6.45, 7) is 11.9. The highest BCUT2D eigenvalue weighted by atomic mass is 28.4. The van der Waals surface area contributed by atoms with E-state index in [9.17, 15) is 5.11 Å². The van der Waals surface area contributed by atoms with Gasteiger partial charge in [0.25, 0.3) is 0 Å². The highest BCUT2D eigenvalue weighted by Gasteiger charge is 2.36. The first-order chi connectivity index (χ1) is 9.71. The molecule has 7 heteroatoms. The molecule has 0 aliphatic carbocycles. The molecule has 1 N–H and O–H groups in total. The Morgan fingerprint density at radius 1 is 1.43 bits per heavy atom. The van der Waals surface area contributed by atoms with Crippen molar-refractivity contribution in [3.63, 3.8) is 0 Å². The Labute approximate surface area is 127 Å². The van der Waals surface area contributed by atoms with Crippen LogP contribution in [0, 0.1) is 11.3 Å². The second-order valence-corrected chi connectivity index (χ2v) is 11.2. The Bertz CT molecular complexity index is 501. The van der Waals surface area contributed by atoms with E-state index >= 15 is 0 Å². The molecule has 0 amide bonds. The minimum absolute atomic E-state index is 0.0532. The SMILES string of the molecule is CC(C)(C)[Si](C)(C)OCCn1nc(OCC#N)cc1CO. The average molecular weight is 311 g/mol. The van der Waals surface area contributed by atoms with E-state index in [1.54, 1.807) is 10.7 Å². The number of aromatic nitrogens is 2. The highest BCUT2D eigenvalue weighted by molar-refractivity contribution is 6.74. The molecule has 0 aliphatic heterocycles. The van der Waals surface area contributed by atoms with E-state index in [1.165, 1.54) is 0 Å². The maximum absolute atomic E-state index is 9.33. The summed E-state index contributed by atoms with van der Waals surface area (Å²) in [4.78, 5) is 0. The van der Waals surface area contributed by atoms with Gasteiger partial charge < -0.3 is 14.3 Å². The zero-order valence-electron chi connectivity index (χ0n) is 13.5. The third kappa shape index (κ3) is 4.84. The van der Waals surface area contributed by atoms with E-state index in [2.05, 4.69) is 39.0 Å². The number of hydrogen-bond acceptors (Lipinski definition) is 5. The number of nitrogens with zero attached hydrogens (tertiary/aromatic N) is 3. The van der Waals surface area contributed by atoms with Crippen molar-refractivity contribution in [3.8, 4) is 11.9 Å². The molecule has 0 atom stereocenters. The van der Waals surface area contributed by atoms with Crippen LogP contribution >= 0.6 is 0 Å². The second-order valence-electron chi connectivity index (χ2n) is 6.41. The molecule has 0 fully saturated rings. The molecule has 1 aromatic heterocycles. The van der Waals surface area contributed by atoms with Crippen LogP contribution in [0.1, 0.15) is 26.5 Å². The van der Waals surface area contributed by atoms with Crippen LogP contribution in [0.5, 0.6) is 5.88 Å². The molecule has 0 aliphatic rings. The Kier molecular flexibility index (Phi) is 5.95. The van der Waals surface area contributed by atoms with Gasteiger partial charge in [0.1, 0.15) is 6.07 Å². The smallest absolute Gasteiger partial charge is 0.234 e. The minimum atomic E-state index is -1.78. The lowest BCUT2D eigenvalue weighted by Crippen LogP contribution is -2.41. The van der Waals surface area contributed by atoms with Crippen molar-refractivity contribution < 1.29 is 14.3 Å². The molecule has 0 saturated carbocycles. The molecule has 1 rings (SSSR count). The van der Waals surface area contributed by atoms with Gasteiger partial charge in [0.15, 0.2) is 14.9 Å². The first-order valence-corrected chi connectivity index (χ1v) is 9.93. The van der Waals surface area contributed by atoms with Crippen molar-refractivity contribution in [2.75, 3.05) is 13.2 Å². The fraction of sp³-hybridized carbons (Fsp3) is 0.714. The maximum atomic E-state index is 9.33. The first-order valence-electron chi connectivity index (χ1n) is 7.02. The number of aliphatic hydroxyl groups excluding tert-OH is 1. The van der Waals surface area contributed by atoms with Gasteiger partial charge in [-0.2, -0.15) is 5.26 Å². The maximum Gasteiger partial charge on any atom is 0.234 e. The summed E-state index contributed by atoms with van der Waals surface area (Å²) >= 11 is 0. The van der Waals surface area contributed by atoms with Crippen molar-refractivity contribution in [1.29, 1.82) is 5.26 Å². The molecular weight excluding hydrogens is 286 g/mol. The summed E-state index contributed by atoms with van der Waals surface area (Å²) < 4.78 is 12.9. The number of aliphatic hydroxyl groups is 1. The zero-order chi connectivity index (χ0) is 16.1. The van der Waals surface area contributed by atoms with Gasteiger partial charge in [-0.25, -0.2) is 0 Å². The van der Waals surface area contributed by atoms with Gasteiger partial charge in [-0.1, -0.05) is 20.8 Å². The second kappa shape index (κ2) is 7.07. The van der Waals surface area contributed by atoms with Crippen molar-refractivity contribution >= 4 is 8.32 Å². The summed E-state index contributed by atoms with van der Waals surface area (Å²) in [5.41, 5.74) is 0.654. The molecule has 1 aromatic rings. The van der Waals surface area contributed by atoms with Crippen LogP contribution in [-0.4, -0.2) is 36.4 Å². The van der Waals surface area contributed by atoms with Crippen molar-refractivity contribution in [1.82, 2.24) is 9.78 Å². The molecule has 0 aromatic carbocycles. The lowest BCUT2D eigenvalue weighted by molar-refractivity contribution is 0.242. The lowest BCUT2D eigenvalue weighted by Gasteiger charge is -2.36. The van der Waals surface area contributed by atoms with Crippen LogP contribution in [0.15, 0.2) is 6.07 Å². The number of nitriles is 1. The third-order valence-electron chi connectivity index (χ3n) is 3.86. The van der Waals surface area contributed by atoms with Gasteiger partial charge in [0.2, 0.25) is 5.88 Å². The largest absolute Gasteiger partial charge is 0.461 e. The number of ether oxygens (including phenoxy) is 1. The Morgan fingerprint density at radius 3 is 2.62 bits per heavy atom. The van der Waals surface area contributed by atoms with Crippen LogP contribution in [0.25, 0.3) is 0 Å². The summed E-state index contributed by atoms with van der Waals surface area (Å²) in [7, 11) is -1.78. The molecule has 0 bridgehead atoms. The molecule has 6 nitrogen and oxygen atoms in total. The van der Waals surface area contributed by atoms with Crippen LogP contribution in [-0.2, 0) is 17.6 Å². The molecular formula is C14H25N3O3Si. The fourth-order valence-electron chi connectivity index (χ4n) is 1.53. The van der Waals surface area contributed by atoms with Crippen LogP contribution in [0.3, 0.4) is 0 Å². The quantitative estimate of drug-likeness (QED) is 0.782. The first kappa shape index (κ1) is 17.7. The Balaban J connectivity index is 2.63. The van der Waals surface area contributed by atoms with E-state index in [-0.39, 0.29) is 18.3 Å². The Hall–Kier alpha value is -1.36. The van der Waals surface area contributed by atoms with Gasteiger partial charge in [0, 0.05) is 6.07 Å². The van der Waals surface area contributed by atoms with Gasteiger partial charge >= 0.3 is 0 Å². The number of hydrogen-bond donors (Lipinski definition) is 1. The van der Waals surface area contributed by atoms with Crippen molar-refractivity contribution in [2.45, 2.75) is 52.1 Å². The van der Waals surface area contributed by atoms with Gasteiger partial charge in [-0.05, 0) is 18.1 Å². The molecule has 0 radical (unpaired) electrons. The zero-order valence-corrected chi connectivity index (χ0v) is 14.5.